The number of Topliss-reactive ketones (excluding diaryl/α,β-unsaturated/α-hetero) is 1. The molecule has 1 aliphatic carbocycles. The molecule has 0 heterocycles. The Balaban J connectivity index is 1.47. The zero-order valence-electron chi connectivity index (χ0n) is 14.2. The Morgan fingerprint density at radius 1 is 0.923 bits per heavy atom. The van der Waals surface area contributed by atoms with Gasteiger partial charge in [0.15, 0.2) is 5.78 Å². The zero-order chi connectivity index (χ0) is 18.5. The maximum absolute atomic E-state index is 12.3. The van der Waals surface area contributed by atoms with Gasteiger partial charge >= 0.3 is 0 Å². The number of hydrogen-bond donors (Lipinski definition) is 2. The van der Waals surface area contributed by atoms with Crippen molar-refractivity contribution in [1.82, 2.24) is 10.9 Å². The molecule has 2 amide bonds. The largest absolute Gasteiger partial charge is 0.294 e. The van der Waals surface area contributed by atoms with Crippen LogP contribution in [-0.4, -0.2) is 17.6 Å². The van der Waals surface area contributed by atoms with Crippen molar-refractivity contribution in [2.75, 3.05) is 0 Å². The minimum atomic E-state index is -0.506. The van der Waals surface area contributed by atoms with E-state index >= 15 is 0 Å². The quantitative estimate of drug-likeness (QED) is 0.626. The van der Waals surface area contributed by atoms with Crippen molar-refractivity contribution in [1.29, 1.82) is 0 Å². The summed E-state index contributed by atoms with van der Waals surface area (Å²) in [4.78, 5) is 36.1. The summed E-state index contributed by atoms with van der Waals surface area (Å²) in [7, 11) is 0. The first kappa shape index (κ1) is 18.1. The van der Waals surface area contributed by atoms with Crippen molar-refractivity contribution in [3.05, 3.63) is 69.7 Å². The minimum absolute atomic E-state index is 0.00127. The molecular formula is C20H19ClN2O3. The van der Waals surface area contributed by atoms with Crippen LogP contribution < -0.4 is 10.9 Å². The molecule has 0 fully saturated rings. The van der Waals surface area contributed by atoms with Gasteiger partial charge in [0, 0.05) is 18.4 Å². The second-order valence-electron chi connectivity index (χ2n) is 6.24. The molecule has 0 unspecified atom stereocenters. The van der Waals surface area contributed by atoms with Crippen molar-refractivity contribution in [3.63, 3.8) is 0 Å². The molecule has 0 bridgehead atoms. The van der Waals surface area contributed by atoms with Gasteiger partial charge in [-0.1, -0.05) is 35.9 Å². The Hall–Kier alpha value is -2.66. The average molecular weight is 371 g/mol. The summed E-state index contributed by atoms with van der Waals surface area (Å²) in [5, 5.41) is 0.297. The normalized spacial score (nSPS) is 12.3. The fraction of sp³-hybridized carbons (Fsp3) is 0.250. The van der Waals surface area contributed by atoms with Crippen LogP contribution in [0.5, 0.6) is 0 Å². The molecule has 26 heavy (non-hydrogen) atoms. The topological polar surface area (TPSA) is 75.3 Å². The number of nitrogens with one attached hydrogen (secondary N) is 2. The third kappa shape index (κ3) is 4.29. The number of amides is 2. The Morgan fingerprint density at radius 2 is 1.69 bits per heavy atom. The molecule has 5 nitrogen and oxygen atoms in total. The summed E-state index contributed by atoms with van der Waals surface area (Å²) >= 11 is 5.93. The highest BCUT2D eigenvalue weighted by Gasteiger charge is 2.15. The van der Waals surface area contributed by atoms with Gasteiger partial charge < -0.3 is 0 Å². The lowest BCUT2D eigenvalue weighted by Crippen LogP contribution is -2.41. The van der Waals surface area contributed by atoms with Crippen LogP contribution in [0.2, 0.25) is 5.02 Å². The number of carbonyl (C=O) groups is 3. The van der Waals surface area contributed by atoms with Gasteiger partial charge in [0.1, 0.15) is 0 Å². The second kappa shape index (κ2) is 8.15. The lowest BCUT2D eigenvalue weighted by atomic mass is 10.0. The maximum atomic E-state index is 12.3. The van der Waals surface area contributed by atoms with Gasteiger partial charge in [0.2, 0.25) is 5.91 Å². The first-order valence-corrected chi connectivity index (χ1v) is 8.91. The Labute approximate surface area is 156 Å². The van der Waals surface area contributed by atoms with Crippen LogP contribution in [0.15, 0.2) is 42.5 Å². The minimum Gasteiger partial charge on any atom is -0.294 e. The Kier molecular flexibility index (Phi) is 5.68. The summed E-state index contributed by atoms with van der Waals surface area (Å²) in [5.74, 6) is -1.01. The molecule has 2 aromatic rings. The molecule has 6 heteroatoms. The molecule has 2 aromatic carbocycles. The third-order valence-electron chi connectivity index (χ3n) is 4.43. The van der Waals surface area contributed by atoms with Gasteiger partial charge in [0.25, 0.3) is 5.91 Å². The lowest BCUT2D eigenvalue weighted by molar-refractivity contribution is -0.121. The SMILES string of the molecule is O=C(CCC(=O)c1ccc2c(c1)CCC2)NNC(=O)c1ccccc1Cl. The monoisotopic (exact) mass is 370 g/mol. The summed E-state index contributed by atoms with van der Waals surface area (Å²) in [6, 6.07) is 12.3. The van der Waals surface area contributed by atoms with Crippen LogP contribution in [0.25, 0.3) is 0 Å². The fourth-order valence-corrected chi connectivity index (χ4v) is 3.24. The molecular weight excluding hydrogens is 352 g/mol. The van der Waals surface area contributed by atoms with Gasteiger partial charge in [0.05, 0.1) is 10.6 Å². The molecule has 3 rings (SSSR count). The first-order valence-electron chi connectivity index (χ1n) is 8.53. The zero-order valence-corrected chi connectivity index (χ0v) is 14.9. The van der Waals surface area contributed by atoms with E-state index in [0.717, 1.165) is 19.3 Å². The summed E-state index contributed by atoms with van der Waals surface area (Å²) < 4.78 is 0. The van der Waals surface area contributed by atoms with Crippen LogP contribution in [-0.2, 0) is 17.6 Å². The molecule has 0 saturated heterocycles. The van der Waals surface area contributed by atoms with Crippen LogP contribution >= 0.6 is 11.6 Å². The summed E-state index contributed by atoms with van der Waals surface area (Å²) in [6.07, 6.45) is 3.29. The van der Waals surface area contributed by atoms with E-state index in [9.17, 15) is 14.4 Å². The molecule has 1 aliphatic rings. The average Bonchev–Trinajstić information content (AvgIpc) is 3.12. The van der Waals surface area contributed by atoms with Crippen LogP contribution in [0.4, 0.5) is 0 Å². The number of carbonyl (C=O) groups excluding carboxylic acids is 3. The maximum Gasteiger partial charge on any atom is 0.271 e. The Bertz CT molecular complexity index is 864. The predicted octanol–water partition coefficient (Wildman–Crippen LogP) is 3.25. The van der Waals surface area contributed by atoms with E-state index in [4.69, 9.17) is 11.6 Å². The van der Waals surface area contributed by atoms with Gasteiger partial charge in [-0.25, -0.2) is 0 Å². The molecule has 0 atom stereocenters. The number of benzene rings is 2. The van der Waals surface area contributed by atoms with Gasteiger partial charge in [-0.15, -0.1) is 0 Å². The van der Waals surface area contributed by atoms with E-state index in [1.165, 1.54) is 11.1 Å². The standard InChI is InChI=1S/C20H19ClN2O3/c21-17-7-2-1-6-16(17)20(26)23-22-19(25)11-10-18(24)15-9-8-13-4-3-5-14(13)12-15/h1-2,6-9,12H,3-5,10-11H2,(H,22,25)(H,23,26). The highest BCUT2D eigenvalue weighted by molar-refractivity contribution is 6.33. The number of hydrogen-bond acceptors (Lipinski definition) is 3. The van der Waals surface area contributed by atoms with Crippen molar-refractivity contribution >= 4 is 29.2 Å². The molecule has 0 radical (unpaired) electrons. The third-order valence-corrected chi connectivity index (χ3v) is 4.76. The van der Waals surface area contributed by atoms with E-state index < -0.39 is 11.8 Å². The number of aryl methyl sites for hydroxylation is 2. The van der Waals surface area contributed by atoms with Gasteiger partial charge in [-0.2, -0.15) is 0 Å². The van der Waals surface area contributed by atoms with Gasteiger partial charge in [-0.3, -0.25) is 25.2 Å². The van der Waals surface area contributed by atoms with Gasteiger partial charge in [-0.05, 0) is 48.6 Å². The van der Waals surface area contributed by atoms with Crippen molar-refractivity contribution < 1.29 is 14.4 Å². The lowest BCUT2D eigenvalue weighted by Gasteiger charge is -2.08. The number of fused-ring (bicyclic) bond motifs is 1. The smallest absolute Gasteiger partial charge is 0.271 e. The predicted molar refractivity (Wildman–Crippen MR) is 99.1 cm³/mol. The summed E-state index contributed by atoms with van der Waals surface area (Å²) in [6.45, 7) is 0. The van der Waals surface area contributed by atoms with E-state index in [1.54, 1.807) is 24.3 Å². The highest BCUT2D eigenvalue weighted by atomic mass is 35.5. The van der Waals surface area contributed by atoms with E-state index in [1.807, 2.05) is 18.2 Å². The van der Waals surface area contributed by atoms with E-state index in [-0.39, 0.29) is 24.2 Å². The molecule has 0 aliphatic heterocycles. The van der Waals surface area contributed by atoms with Crippen molar-refractivity contribution in [2.24, 2.45) is 0 Å². The highest BCUT2D eigenvalue weighted by Crippen LogP contribution is 2.23. The first-order chi connectivity index (χ1) is 12.5. The fourth-order valence-electron chi connectivity index (χ4n) is 3.02. The Morgan fingerprint density at radius 3 is 2.50 bits per heavy atom. The van der Waals surface area contributed by atoms with Crippen LogP contribution in [0, 0.1) is 0 Å². The molecule has 0 aromatic heterocycles. The number of hydrazine groups is 1. The van der Waals surface area contributed by atoms with Crippen LogP contribution in [0.3, 0.4) is 0 Å². The number of halogens is 1. The van der Waals surface area contributed by atoms with Crippen molar-refractivity contribution in [3.8, 4) is 0 Å². The second-order valence-corrected chi connectivity index (χ2v) is 6.65. The number of ketones is 1. The van der Waals surface area contributed by atoms with Crippen molar-refractivity contribution in [2.45, 2.75) is 32.1 Å². The molecule has 134 valence electrons. The molecule has 2 N–H and O–H groups in total. The van der Waals surface area contributed by atoms with E-state index in [0.29, 0.717) is 10.6 Å². The number of rotatable bonds is 5. The summed E-state index contributed by atoms with van der Waals surface area (Å²) in [5.41, 5.74) is 8.05. The van der Waals surface area contributed by atoms with E-state index in [2.05, 4.69) is 10.9 Å². The molecule has 0 saturated carbocycles. The molecule has 0 spiro atoms. The van der Waals surface area contributed by atoms with Crippen LogP contribution in [0.1, 0.15) is 51.1 Å².